The molecule has 0 unspecified atom stereocenters. The second kappa shape index (κ2) is 7.00. The van der Waals surface area contributed by atoms with Gasteiger partial charge in [-0.25, -0.2) is 4.39 Å². The molecule has 0 aliphatic carbocycles. The molecule has 0 saturated carbocycles. The van der Waals surface area contributed by atoms with Crippen molar-refractivity contribution >= 4 is 23.1 Å². The third kappa shape index (κ3) is 3.46. The molecule has 3 aromatic rings. The van der Waals surface area contributed by atoms with Crippen molar-refractivity contribution in [3.8, 4) is 11.5 Å². The molecule has 1 aromatic heterocycles. The van der Waals surface area contributed by atoms with Gasteiger partial charge in [0.1, 0.15) is 22.8 Å². The van der Waals surface area contributed by atoms with E-state index in [1.165, 1.54) is 6.07 Å². The summed E-state index contributed by atoms with van der Waals surface area (Å²) in [5, 5.41) is 0.501. The van der Waals surface area contributed by atoms with Gasteiger partial charge in [-0.15, -0.1) is 0 Å². The Labute approximate surface area is 137 Å². The fourth-order valence-electron chi connectivity index (χ4n) is 2.28. The van der Waals surface area contributed by atoms with Gasteiger partial charge < -0.3 is 13.9 Å². The molecule has 0 aliphatic heterocycles. The molecule has 0 fully saturated rings. The average molecular weight is 326 g/mol. The molecule has 0 aliphatic rings. The van der Waals surface area contributed by atoms with Crippen LogP contribution in [0.1, 0.15) is 11.3 Å². The number of alkyl halides is 1. The van der Waals surface area contributed by atoms with Gasteiger partial charge in [-0.3, -0.25) is 4.79 Å². The lowest BCUT2D eigenvalue weighted by Crippen LogP contribution is -2.00. The summed E-state index contributed by atoms with van der Waals surface area (Å²) in [7, 11) is 1.55. The Bertz CT molecular complexity index is 926. The van der Waals surface area contributed by atoms with Gasteiger partial charge in [0, 0.05) is 12.1 Å². The van der Waals surface area contributed by atoms with Crippen LogP contribution in [0.4, 0.5) is 4.39 Å². The highest BCUT2D eigenvalue weighted by Gasteiger charge is 2.04. The summed E-state index contributed by atoms with van der Waals surface area (Å²) in [5.41, 5.74) is 1.22. The summed E-state index contributed by atoms with van der Waals surface area (Å²) in [5.74, 6) is 1.51. The van der Waals surface area contributed by atoms with E-state index in [0.29, 0.717) is 28.2 Å². The predicted molar refractivity (Wildman–Crippen MR) is 91.0 cm³/mol. The van der Waals surface area contributed by atoms with Crippen molar-refractivity contribution in [3.63, 3.8) is 0 Å². The van der Waals surface area contributed by atoms with Crippen LogP contribution < -0.4 is 14.9 Å². The Kier molecular flexibility index (Phi) is 4.61. The molecule has 0 spiro atoms. The molecule has 3 rings (SSSR count). The second-order valence-corrected chi connectivity index (χ2v) is 5.03. The third-order valence-corrected chi connectivity index (χ3v) is 3.50. The predicted octanol–water partition coefficient (Wildman–Crippen LogP) is 4.28. The maximum absolute atomic E-state index is 12.1. The first-order valence-corrected chi connectivity index (χ1v) is 7.28. The molecule has 1 heterocycles. The van der Waals surface area contributed by atoms with Crippen molar-refractivity contribution in [1.29, 1.82) is 0 Å². The number of hydrogen-bond donors (Lipinski definition) is 0. The normalized spacial score (nSPS) is 11.1. The molecular formula is C19H15FO4. The minimum atomic E-state index is -0.860. The Morgan fingerprint density at radius 3 is 2.50 bits per heavy atom. The van der Waals surface area contributed by atoms with Gasteiger partial charge in [0.05, 0.1) is 12.5 Å². The van der Waals surface area contributed by atoms with Crippen LogP contribution in [0, 0.1) is 0 Å². The molecule has 0 radical (unpaired) electrons. The molecule has 24 heavy (non-hydrogen) atoms. The highest BCUT2D eigenvalue weighted by Crippen LogP contribution is 2.20. The molecule has 5 heteroatoms. The van der Waals surface area contributed by atoms with Crippen LogP contribution in [-0.4, -0.2) is 14.0 Å². The van der Waals surface area contributed by atoms with Crippen LogP contribution in [0.15, 0.2) is 57.7 Å². The zero-order valence-electron chi connectivity index (χ0n) is 13.0. The van der Waals surface area contributed by atoms with Crippen LogP contribution in [0.2, 0.25) is 0 Å². The van der Waals surface area contributed by atoms with Crippen molar-refractivity contribution < 1.29 is 18.3 Å². The number of fused-ring (bicyclic) bond motifs is 1. The Morgan fingerprint density at radius 2 is 1.79 bits per heavy atom. The van der Waals surface area contributed by atoms with Crippen LogP contribution in [0.3, 0.4) is 0 Å². The minimum Gasteiger partial charge on any atom is -0.497 e. The number of halogens is 1. The van der Waals surface area contributed by atoms with E-state index in [-0.39, 0.29) is 5.43 Å². The smallest absolute Gasteiger partial charge is 0.228 e. The van der Waals surface area contributed by atoms with E-state index in [0.717, 1.165) is 5.56 Å². The van der Waals surface area contributed by atoms with E-state index in [1.807, 2.05) is 0 Å². The van der Waals surface area contributed by atoms with Gasteiger partial charge in [0.2, 0.25) is 6.86 Å². The SMILES string of the molecule is COc1ccc2c(=O)cc(/C=C/c3ccc(OCF)cc3)oc2c1. The van der Waals surface area contributed by atoms with Gasteiger partial charge in [-0.1, -0.05) is 18.2 Å². The quantitative estimate of drug-likeness (QED) is 0.702. The minimum absolute atomic E-state index is 0.120. The molecule has 0 atom stereocenters. The van der Waals surface area contributed by atoms with E-state index in [1.54, 1.807) is 61.7 Å². The van der Waals surface area contributed by atoms with Gasteiger partial charge >= 0.3 is 0 Å². The first kappa shape index (κ1) is 15.8. The summed E-state index contributed by atoms with van der Waals surface area (Å²) in [6.45, 7) is -0.860. The summed E-state index contributed by atoms with van der Waals surface area (Å²) >= 11 is 0. The Morgan fingerprint density at radius 1 is 1.04 bits per heavy atom. The third-order valence-electron chi connectivity index (χ3n) is 3.50. The average Bonchev–Trinajstić information content (AvgIpc) is 2.61. The lowest BCUT2D eigenvalue weighted by molar-refractivity contribution is 0.192. The van der Waals surface area contributed by atoms with Crippen LogP contribution in [-0.2, 0) is 0 Å². The van der Waals surface area contributed by atoms with Crippen LogP contribution >= 0.6 is 0 Å². The van der Waals surface area contributed by atoms with E-state index in [9.17, 15) is 9.18 Å². The largest absolute Gasteiger partial charge is 0.497 e. The monoisotopic (exact) mass is 326 g/mol. The number of methoxy groups -OCH3 is 1. The van der Waals surface area contributed by atoms with Crippen molar-refractivity contribution in [3.05, 3.63) is 70.1 Å². The molecule has 0 amide bonds. The number of rotatable bonds is 5. The highest BCUT2D eigenvalue weighted by molar-refractivity contribution is 5.79. The fourth-order valence-corrected chi connectivity index (χ4v) is 2.28. The van der Waals surface area contributed by atoms with Gasteiger partial charge in [0.15, 0.2) is 5.43 Å². The van der Waals surface area contributed by atoms with Crippen LogP contribution in [0.25, 0.3) is 23.1 Å². The highest BCUT2D eigenvalue weighted by atomic mass is 19.1. The first-order valence-electron chi connectivity index (χ1n) is 7.28. The molecule has 0 N–H and O–H groups in total. The Hall–Kier alpha value is -3.08. The topological polar surface area (TPSA) is 48.7 Å². The molecule has 0 bridgehead atoms. The van der Waals surface area contributed by atoms with E-state index in [4.69, 9.17) is 13.9 Å². The first-order chi connectivity index (χ1) is 11.7. The van der Waals surface area contributed by atoms with Crippen molar-refractivity contribution in [2.45, 2.75) is 0 Å². The molecule has 122 valence electrons. The zero-order valence-corrected chi connectivity index (χ0v) is 13.0. The lowest BCUT2D eigenvalue weighted by Gasteiger charge is -2.03. The standard InChI is InChI=1S/C19H15FO4/c1-22-15-8-9-17-18(21)10-16(24-19(17)11-15)7-4-13-2-5-14(6-3-13)23-12-20/h2-11H,12H2,1H3/b7-4+. The van der Waals surface area contributed by atoms with Crippen molar-refractivity contribution in [1.82, 2.24) is 0 Å². The molecule has 2 aromatic carbocycles. The number of benzene rings is 2. The molecule has 0 saturated heterocycles. The number of ether oxygens (including phenoxy) is 2. The van der Waals surface area contributed by atoms with E-state index in [2.05, 4.69) is 0 Å². The number of hydrogen-bond acceptors (Lipinski definition) is 4. The zero-order chi connectivity index (χ0) is 16.9. The fraction of sp³-hybridized carbons (Fsp3) is 0.105. The second-order valence-electron chi connectivity index (χ2n) is 5.03. The molecule has 4 nitrogen and oxygen atoms in total. The molecular weight excluding hydrogens is 311 g/mol. The lowest BCUT2D eigenvalue weighted by atomic mass is 10.1. The summed E-state index contributed by atoms with van der Waals surface area (Å²) in [6.07, 6.45) is 3.49. The maximum atomic E-state index is 12.1. The maximum Gasteiger partial charge on any atom is 0.228 e. The van der Waals surface area contributed by atoms with Gasteiger partial charge in [0.25, 0.3) is 0 Å². The summed E-state index contributed by atoms with van der Waals surface area (Å²) in [6, 6.07) is 13.4. The Balaban J connectivity index is 1.90. The van der Waals surface area contributed by atoms with Gasteiger partial charge in [-0.05, 0) is 35.9 Å². The van der Waals surface area contributed by atoms with Crippen molar-refractivity contribution in [2.24, 2.45) is 0 Å². The summed E-state index contributed by atoms with van der Waals surface area (Å²) < 4.78 is 27.7. The van der Waals surface area contributed by atoms with E-state index < -0.39 is 6.86 Å². The van der Waals surface area contributed by atoms with E-state index >= 15 is 0 Å². The summed E-state index contributed by atoms with van der Waals surface area (Å²) in [4.78, 5) is 12.1. The van der Waals surface area contributed by atoms with Gasteiger partial charge in [-0.2, -0.15) is 0 Å². The van der Waals surface area contributed by atoms with Crippen molar-refractivity contribution in [2.75, 3.05) is 14.0 Å². The van der Waals surface area contributed by atoms with Crippen LogP contribution in [0.5, 0.6) is 11.5 Å².